The first-order valence-electron chi connectivity index (χ1n) is 10.1. The summed E-state index contributed by atoms with van der Waals surface area (Å²) in [7, 11) is 0. The Balaban J connectivity index is 2.74. The maximum absolute atomic E-state index is 13.6. The molecule has 1 unspecified atom stereocenters. The van der Waals surface area contributed by atoms with Crippen molar-refractivity contribution < 1.29 is 13.9 Å². The lowest BCUT2D eigenvalue weighted by molar-refractivity contribution is -0.253. The van der Waals surface area contributed by atoms with Gasteiger partial charge in [-0.2, -0.15) is 0 Å². The number of halogens is 1. The van der Waals surface area contributed by atoms with Crippen LogP contribution < -0.4 is 0 Å². The number of benzene rings is 1. The molecule has 1 aromatic rings. The van der Waals surface area contributed by atoms with Crippen LogP contribution in [-0.2, 0) is 15.9 Å². The second kappa shape index (κ2) is 12.4. The lowest BCUT2D eigenvalue weighted by Gasteiger charge is -2.37. The molecule has 0 aromatic heterocycles. The molecule has 3 heteroatoms. The van der Waals surface area contributed by atoms with E-state index in [1.54, 1.807) is 12.1 Å². The van der Waals surface area contributed by atoms with Crippen LogP contribution in [0.25, 0.3) is 0 Å². The number of rotatable bonds is 14. The van der Waals surface area contributed by atoms with Gasteiger partial charge in [0.15, 0.2) is 5.79 Å². The minimum absolute atomic E-state index is 0.176. The molecule has 1 aromatic carbocycles. The van der Waals surface area contributed by atoms with Gasteiger partial charge in [0.1, 0.15) is 5.82 Å². The molecule has 0 saturated heterocycles. The van der Waals surface area contributed by atoms with E-state index < -0.39 is 5.79 Å². The van der Waals surface area contributed by atoms with E-state index in [1.165, 1.54) is 44.6 Å². The molecule has 144 valence electrons. The van der Waals surface area contributed by atoms with Crippen molar-refractivity contribution in [2.75, 3.05) is 13.2 Å². The van der Waals surface area contributed by atoms with Gasteiger partial charge in [-0.3, -0.25) is 0 Å². The van der Waals surface area contributed by atoms with E-state index in [0.717, 1.165) is 18.4 Å². The highest BCUT2D eigenvalue weighted by Crippen LogP contribution is 2.32. The summed E-state index contributed by atoms with van der Waals surface area (Å²) in [6.07, 6.45) is 9.44. The van der Waals surface area contributed by atoms with Crippen molar-refractivity contribution in [2.24, 2.45) is 5.92 Å². The highest BCUT2D eigenvalue weighted by Gasteiger charge is 2.35. The molecule has 0 fully saturated rings. The third-order valence-electron chi connectivity index (χ3n) is 4.88. The van der Waals surface area contributed by atoms with Crippen molar-refractivity contribution in [3.8, 4) is 0 Å². The third kappa shape index (κ3) is 8.33. The zero-order chi connectivity index (χ0) is 18.5. The van der Waals surface area contributed by atoms with E-state index in [9.17, 15) is 4.39 Å². The Morgan fingerprint density at radius 1 is 0.960 bits per heavy atom. The van der Waals surface area contributed by atoms with Crippen LogP contribution in [0.15, 0.2) is 24.3 Å². The first-order valence-corrected chi connectivity index (χ1v) is 10.1. The molecular formula is C22H37FO2. The van der Waals surface area contributed by atoms with Gasteiger partial charge in [-0.05, 0) is 51.3 Å². The summed E-state index contributed by atoms with van der Waals surface area (Å²) in [6.45, 7) is 9.52. The number of hydrogen-bond acceptors (Lipinski definition) is 2. The minimum atomic E-state index is -0.612. The van der Waals surface area contributed by atoms with Crippen molar-refractivity contribution in [3.63, 3.8) is 0 Å². The Morgan fingerprint density at radius 3 is 2.20 bits per heavy atom. The summed E-state index contributed by atoms with van der Waals surface area (Å²) >= 11 is 0. The maximum atomic E-state index is 13.6. The largest absolute Gasteiger partial charge is 0.350 e. The van der Waals surface area contributed by atoms with Crippen molar-refractivity contribution in [2.45, 2.75) is 84.8 Å². The SMILES string of the molecule is CCCCCCCCC(Cc1cccc(F)c1)C(C)(OCC)OCC. The predicted octanol–water partition coefficient (Wildman–Crippen LogP) is 6.52. The van der Waals surface area contributed by atoms with Crippen molar-refractivity contribution in [3.05, 3.63) is 35.6 Å². The molecule has 0 amide bonds. The standard InChI is InChI=1S/C22H37FO2/c1-5-8-9-10-11-12-15-20(22(4,24-6-2)25-7-3)17-19-14-13-16-21(23)18-19/h13-14,16,18,20H,5-12,15,17H2,1-4H3. The van der Waals surface area contributed by atoms with E-state index in [-0.39, 0.29) is 11.7 Å². The van der Waals surface area contributed by atoms with Gasteiger partial charge < -0.3 is 9.47 Å². The van der Waals surface area contributed by atoms with E-state index in [0.29, 0.717) is 13.2 Å². The smallest absolute Gasteiger partial charge is 0.168 e. The highest BCUT2D eigenvalue weighted by molar-refractivity contribution is 5.17. The minimum Gasteiger partial charge on any atom is -0.350 e. The lowest BCUT2D eigenvalue weighted by atomic mass is 9.86. The molecule has 0 aliphatic rings. The third-order valence-corrected chi connectivity index (χ3v) is 4.88. The molecule has 1 atom stereocenters. The molecule has 0 aliphatic heterocycles. The summed E-state index contributed by atoms with van der Waals surface area (Å²) in [4.78, 5) is 0. The highest BCUT2D eigenvalue weighted by atomic mass is 19.1. The van der Waals surface area contributed by atoms with Gasteiger partial charge in [0, 0.05) is 19.1 Å². The fourth-order valence-corrected chi connectivity index (χ4v) is 3.52. The Hall–Kier alpha value is -0.930. The molecule has 0 heterocycles. The van der Waals surface area contributed by atoms with E-state index in [1.807, 2.05) is 26.8 Å². The van der Waals surface area contributed by atoms with Gasteiger partial charge in [0.05, 0.1) is 0 Å². The topological polar surface area (TPSA) is 18.5 Å². The van der Waals surface area contributed by atoms with E-state index >= 15 is 0 Å². The molecule has 25 heavy (non-hydrogen) atoms. The molecule has 0 spiro atoms. The van der Waals surface area contributed by atoms with E-state index in [2.05, 4.69) is 6.92 Å². The van der Waals surface area contributed by atoms with Crippen LogP contribution in [0.3, 0.4) is 0 Å². The maximum Gasteiger partial charge on any atom is 0.168 e. The summed E-state index contributed by atoms with van der Waals surface area (Å²) < 4.78 is 25.6. The summed E-state index contributed by atoms with van der Waals surface area (Å²) in [5.74, 6) is -0.565. The summed E-state index contributed by atoms with van der Waals surface area (Å²) in [5, 5.41) is 0. The molecule has 0 N–H and O–H groups in total. The van der Waals surface area contributed by atoms with Crippen LogP contribution in [0.5, 0.6) is 0 Å². The Kier molecular flexibility index (Phi) is 11.0. The zero-order valence-electron chi connectivity index (χ0n) is 16.7. The molecule has 2 nitrogen and oxygen atoms in total. The van der Waals surface area contributed by atoms with Gasteiger partial charge in [0.25, 0.3) is 0 Å². The molecule has 0 radical (unpaired) electrons. The molecule has 0 saturated carbocycles. The molecule has 0 bridgehead atoms. The van der Waals surface area contributed by atoms with Gasteiger partial charge >= 0.3 is 0 Å². The van der Waals surface area contributed by atoms with Gasteiger partial charge in [-0.1, -0.05) is 57.6 Å². The predicted molar refractivity (Wildman–Crippen MR) is 103 cm³/mol. The second-order valence-corrected chi connectivity index (χ2v) is 6.97. The van der Waals surface area contributed by atoms with Crippen LogP contribution in [-0.4, -0.2) is 19.0 Å². The Morgan fingerprint density at radius 2 is 1.60 bits per heavy atom. The van der Waals surface area contributed by atoms with Crippen LogP contribution in [0.4, 0.5) is 4.39 Å². The monoisotopic (exact) mass is 352 g/mol. The first kappa shape index (κ1) is 22.1. The average molecular weight is 353 g/mol. The summed E-state index contributed by atoms with van der Waals surface area (Å²) in [5.41, 5.74) is 1.02. The van der Waals surface area contributed by atoms with Gasteiger partial charge in [-0.15, -0.1) is 0 Å². The quantitative estimate of drug-likeness (QED) is 0.280. The van der Waals surface area contributed by atoms with E-state index in [4.69, 9.17) is 9.47 Å². The normalized spacial score (nSPS) is 13.2. The summed E-state index contributed by atoms with van der Waals surface area (Å²) in [6, 6.07) is 6.91. The van der Waals surface area contributed by atoms with Gasteiger partial charge in [-0.25, -0.2) is 4.39 Å². The Labute approximate surface area is 154 Å². The molecule has 1 rings (SSSR count). The van der Waals surface area contributed by atoms with Gasteiger partial charge in [0.2, 0.25) is 0 Å². The molecule has 0 aliphatic carbocycles. The lowest BCUT2D eigenvalue weighted by Crippen LogP contribution is -2.42. The number of ether oxygens (including phenoxy) is 2. The van der Waals surface area contributed by atoms with Crippen LogP contribution in [0.1, 0.15) is 78.2 Å². The number of hydrogen-bond donors (Lipinski definition) is 0. The van der Waals surface area contributed by atoms with Crippen LogP contribution in [0.2, 0.25) is 0 Å². The van der Waals surface area contributed by atoms with Crippen molar-refractivity contribution in [1.82, 2.24) is 0 Å². The zero-order valence-corrected chi connectivity index (χ0v) is 16.7. The number of unbranched alkanes of at least 4 members (excludes halogenated alkanes) is 5. The fourth-order valence-electron chi connectivity index (χ4n) is 3.52. The van der Waals surface area contributed by atoms with Crippen LogP contribution in [0, 0.1) is 11.7 Å². The van der Waals surface area contributed by atoms with Crippen LogP contribution >= 0.6 is 0 Å². The van der Waals surface area contributed by atoms with Crippen molar-refractivity contribution in [1.29, 1.82) is 0 Å². The first-order chi connectivity index (χ1) is 12.1. The van der Waals surface area contributed by atoms with Crippen molar-refractivity contribution >= 4 is 0 Å². The second-order valence-electron chi connectivity index (χ2n) is 6.97. The molecular weight excluding hydrogens is 315 g/mol. The average Bonchev–Trinajstić information content (AvgIpc) is 2.57. The Bertz CT molecular complexity index is 455. The fraction of sp³-hybridized carbons (Fsp3) is 0.727.